The van der Waals surface area contributed by atoms with Crippen LogP contribution in [0.5, 0.6) is 0 Å². The molecule has 3 rings (SSSR count). The molecule has 0 radical (unpaired) electrons. The van der Waals surface area contributed by atoms with Gasteiger partial charge in [0, 0.05) is 36.9 Å². The number of aliphatic hydroxyl groups excluding tert-OH is 1. The predicted octanol–water partition coefficient (Wildman–Crippen LogP) is 1.22. The van der Waals surface area contributed by atoms with E-state index < -0.39 is 6.10 Å². The van der Waals surface area contributed by atoms with Crippen molar-refractivity contribution in [2.45, 2.75) is 25.4 Å². The molecule has 6 nitrogen and oxygen atoms in total. The van der Waals surface area contributed by atoms with Gasteiger partial charge in [-0.15, -0.1) is 11.3 Å². The highest BCUT2D eigenvalue weighted by Crippen LogP contribution is 2.11. The molecule has 0 bridgehead atoms. The summed E-state index contributed by atoms with van der Waals surface area (Å²) < 4.78 is 13.2. The summed E-state index contributed by atoms with van der Waals surface area (Å²) in [6.45, 7) is 4.63. The Balaban J connectivity index is 1.36. The third-order valence-corrected chi connectivity index (χ3v) is 4.63. The number of hydrogen-bond donors (Lipinski definition) is 1. The Morgan fingerprint density at radius 2 is 2.43 bits per heavy atom. The first kappa shape index (κ1) is 16.6. The minimum Gasteiger partial charge on any atom is -0.389 e. The van der Waals surface area contributed by atoms with E-state index in [4.69, 9.17) is 9.47 Å². The van der Waals surface area contributed by atoms with Crippen molar-refractivity contribution in [3.8, 4) is 0 Å². The normalized spacial score (nSPS) is 20.7. The first-order valence-electron chi connectivity index (χ1n) is 7.89. The maximum Gasteiger partial charge on any atom is 0.0900 e. The lowest BCUT2D eigenvalue weighted by Crippen LogP contribution is -2.47. The van der Waals surface area contributed by atoms with E-state index in [0.29, 0.717) is 26.4 Å². The maximum atomic E-state index is 10.2. The lowest BCUT2D eigenvalue weighted by atomic mass is 10.2. The number of aliphatic hydroxyl groups is 1. The fourth-order valence-corrected chi connectivity index (χ4v) is 3.36. The van der Waals surface area contributed by atoms with Crippen molar-refractivity contribution in [1.29, 1.82) is 0 Å². The van der Waals surface area contributed by atoms with Crippen molar-refractivity contribution < 1.29 is 14.6 Å². The second-order valence-corrected chi connectivity index (χ2v) is 6.76. The van der Waals surface area contributed by atoms with Gasteiger partial charge in [-0.1, -0.05) is 6.07 Å². The zero-order valence-electron chi connectivity index (χ0n) is 13.1. The lowest BCUT2D eigenvalue weighted by molar-refractivity contribution is -0.0582. The van der Waals surface area contributed by atoms with E-state index in [2.05, 4.69) is 10.00 Å². The minimum absolute atomic E-state index is 0.114. The fraction of sp³-hybridized carbons (Fsp3) is 0.562. The zero-order chi connectivity index (χ0) is 15.9. The van der Waals surface area contributed by atoms with Gasteiger partial charge in [-0.3, -0.25) is 9.58 Å². The van der Waals surface area contributed by atoms with Crippen molar-refractivity contribution in [3.05, 3.63) is 40.8 Å². The molecule has 3 heterocycles. The molecule has 0 aromatic carbocycles. The standard InChI is InChI=1S/C16H23N3O3S/c20-14(12-21-13-16-3-1-8-23-16)9-18-6-7-22-15(10-18)11-19-5-2-4-17-19/h1-5,8,14-15,20H,6-7,9-13H2/t14-,15+/m1/s1. The van der Waals surface area contributed by atoms with Crippen molar-refractivity contribution in [2.24, 2.45) is 0 Å². The highest BCUT2D eigenvalue weighted by molar-refractivity contribution is 7.09. The number of aromatic nitrogens is 2. The van der Waals surface area contributed by atoms with Gasteiger partial charge < -0.3 is 14.6 Å². The Morgan fingerprint density at radius 1 is 1.48 bits per heavy atom. The van der Waals surface area contributed by atoms with Gasteiger partial charge in [0.2, 0.25) is 0 Å². The summed E-state index contributed by atoms with van der Waals surface area (Å²) in [5.74, 6) is 0. The van der Waals surface area contributed by atoms with Gasteiger partial charge in [0.05, 0.1) is 38.6 Å². The number of hydrogen-bond acceptors (Lipinski definition) is 6. The summed E-state index contributed by atoms with van der Waals surface area (Å²) in [6.07, 6.45) is 3.35. The largest absolute Gasteiger partial charge is 0.389 e. The van der Waals surface area contributed by atoms with Gasteiger partial charge in [0.25, 0.3) is 0 Å². The maximum absolute atomic E-state index is 10.2. The van der Waals surface area contributed by atoms with Crippen LogP contribution < -0.4 is 0 Å². The van der Waals surface area contributed by atoms with E-state index in [9.17, 15) is 5.11 Å². The van der Waals surface area contributed by atoms with Crippen molar-refractivity contribution >= 4 is 11.3 Å². The molecule has 1 N–H and O–H groups in total. The highest BCUT2D eigenvalue weighted by atomic mass is 32.1. The average Bonchev–Trinajstić information content (AvgIpc) is 3.21. The van der Waals surface area contributed by atoms with Gasteiger partial charge in [-0.2, -0.15) is 5.10 Å². The molecule has 1 saturated heterocycles. The van der Waals surface area contributed by atoms with Gasteiger partial charge in [-0.05, 0) is 17.5 Å². The Bertz CT molecular complexity index is 547. The summed E-state index contributed by atoms with van der Waals surface area (Å²) in [7, 11) is 0. The van der Waals surface area contributed by atoms with Gasteiger partial charge in [-0.25, -0.2) is 0 Å². The highest BCUT2D eigenvalue weighted by Gasteiger charge is 2.22. The SMILES string of the molecule is O[C@@H](COCc1cccs1)CN1CCO[C@H](Cn2cccn2)C1. The number of β-amino-alcohol motifs (C(OH)–C–C–N with tert-alkyl or cyclic N) is 1. The van der Waals surface area contributed by atoms with Gasteiger partial charge >= 0.3 is 0 Å². The molecule has 126 valence electrons. The Labute approximate surface area is 140 Å². The van der Waals surface area contributed by atoms with Crippen LogP contribution in [-0.2, 0) is 22.6 Å². The van der Waals surface area contributed by atoms with E-state index in [1.807, 2.05) is 34.5 Å². The Morgan fingerprint density at radius 3 is 3.22 bits per heavy atom. The van der Waals surface area contributed by atoms with Crippen molar-refractivity contribution in [1.82, 2.24) is 14.7 Å². The molecule has 0 aliphatic carbocycles. The molecular formula is C16H23N3O3S. The van der Waals surface area contributed by atoms with Crippen molar-refractivity contribution in [3.63, 3.8) is 0 Å². The molecule has 0 saturated carbocycles. The summed E-state index contributed by atoms with van der Waals surface area (Å²) >= 11 is 1.67. The molecule has 0 spiro atoms. The summed E-state index contributed by atoms with van der Waals surface area (Å²) in [5.41, 5.74) is 0. The fourth-order valence-electron chi connectivity index (χ4n) is 2.71. The topological polar surface area (TPSA) is 59.8 Å². The lowest BCUT2D eigenvalue weighted by Gasteiger charge is -2.33. The number of rotatable bonds is 8. The van der Waals surface area contributed by atoms with Gasteiger partial charge in [0.1, 0.15) is 0 Å². The minimum atomic E-state index is -0.474. The van der Waals surface area contributed by atoms with Crippen LogP contribution in [0.25, 0.3) is 0 Å². The summed E-state index contributed by atoms with van der Waals surface area (Å²) in [4.78, 5) is 3.42. The Hall–Kier alpha value is -1.25. The van der Waals surface area contributed by atoms with Crippen LogP contribution in [0.4, 0.5) is 0 Å². The van der Waals surface area contributed by atoms with E-state index >= 15 is 0 Å². The van der Waals surface area contributed by atoms with Crippen LogP contribution in [0.15, 0.2) is 36.0 Å². The first-order valence-corrected chi connectivity index (χ1v) is 8.77. The molecule has 0 amide bonds. The third kappa shape index (κ3) is 5.40. The molecule has 23 heavy (non-hydrogen) atoms. The molecule has 1 aliphatic rings. The first-order chi connectivity index (χ1) is 11.3. The predicted molar refractivity (Wildman–Crippen MR) is 88.4 cm³/mol. The second kappa shape index (κ2) is 8.56. The second-order valence-electron chi connectivity index (χ2n) is 5.73. The molecular weight excluding hydrogens is 314 g/mol. The third-order valence-electron chi connectivity index (χ3n) is 3.78. The van der Waals surface area contributed by atoms with E-state index in [-0.39, 0.29) is 6.10 Å². The van der Waals surface area contributed by atoms with E-state index in [0.717, 1.165) is 19.6 Å². The van der Waals surface area contributed by atoms with Crippen LogP contribution in [0.3, 0.4) is 0 Å². The molecule has 1 fully saturated rings. The number of morpholine rings is 1. The van der Waals surface area contributed by atoms with Crippen LogP contribution in [0.1, 0.15) is 4.88 Å². The molecule has 7 heteroatoms. The molecule has 2 aromatic heterocycles. The molecule has 2 aromatic rings. The van der Waals surface area contributed by atoms with Crippen molar-refractivity contribution in [2.75, 3.05) is 32.8 Å². The quantitative estimate of drug-likeness (QED) is 0.785. The monoisotopic (exact) mass is 337 g/mol. The smallest absolute Gasteiger partial charge is 0.0900 e. The number of nitrogens with zero attached hydrogens (tertiary/aromatic N) is 3. The van der Waals surface area contributed by atoms with Crippen LogP contribution in [0, 0.1) is 0 Å². The molecule has 1 aliphatic heterocycles. The van der Waals surface area contributed by atoms with Crippen LogP contribution in [0.2, 0.25) is 0 Å². The molecule has 2 atom stereocenters. The van der Waals surface area contributed by atoms with Crippen LogP contribution in [-0.4, -0.2) is 64.8 Å². The zero-order valence-corrected chi connectivity index (χ0v) is 13.9. The van der Waals surface area contributed by atoms with Crippen LogP contribution >= 0.6 is 11.3 Å². The molecule has 0 unspecified atom stereocenters. The Kier molecular flexibility index (Phi) is 6.18. The average molecular weight is 337 g/mol. The van der Waals surface area contributed by atoms with Gasteiger partial charge in [0.15, 0.2) is 0 Å². The van der Waals surface area contributed by atoms with E-state index in [1.54, 1.807) is 17.5 Å². The number of ether oxygens (including phenoxy) is 2. The summed E-state index contributed by atoms with van der Waals surface area (Å²) in [6, 6.07) is 5.96. The van der Waals surface area contributed by atoms with E-state index in [1.165, 1.54) is 4.88 Å². The number of thiophene rings is 1. The summed E-state index contributed by atoms with van der Waals surface area (Å²) in [5, 5.41) is 16.4.